The number of likely N-dealkylation sites (tertiary alicyclic amines) is 1. The van der Waals surface area contributed by atoms with Crippen LogP contribution in [0.3, 0.4) is 0 Å². The van der Waals surface area contributed by atoms with Gasteiger partial charge < -0.3 is 9.64 Å². The summed E-state index contributed by atoms with van der Waals surface area (Å²) in [5.74, 6) is -0.615. The van der Waals surface area contributed by atoms with Crippen molar-refractivity contribution in [3.63, 3.8) is 0 Å². The number of carbonyl (C=O) groups is 1. The number of nitrogens with one attached hydrogen (secondary N) is 1. The first-order chi connectivity index (χ1) is 16.2. The monoisotopic (exact) mass is 490 g/mol. The number of amides is 1. The van der Waals surface area contributed by atoms with Gasteiger partial charge in [-0.05, 0) is 37.3 Å². The minimum atomic E-state index is -4.24. The van der Waals surface area contributed by atoms with Crippen LogP contribution in [-0.4, -0.2) is 56.1 Å². The number of hydrogen-bond acceptors (Lipinski definition) is 4. The van der Waals surface area contributed by atoms with Gasteiger partial charge in [0, 0.05) is 30.0 Å². The van der Waals surface area contributed by atoms with Gasteiger partial charge in [-0.15, -0.1) is 0 Å². The Bertz CT molecular complexity index is 1180. The normalized spacial score (nSPS) is 26.3. The zero-order chi connectivity index (χ0) is 24.1. The van der Waals surface area contributed by atoms with Crippen molar-refractivity contribution in [3.8, 4) is 11.1 Å². The predicted octanol–water partition coefficient (Wildman–Crippen LogP) is 3.42. The van der Waals surface area contributed by atoms with Crippen LogP contribution in [0.4, 0.5) is 8.78 Å². The van der Waals surface area contributed by atoms with Gasteiger partial charge in [0.05, 0.1) is 12.6 Å². The topological polar surface area (TPSA) is 75.7 Å². The zero-order valence-corrected chi connectivity index (χ0v) is 19.7. The zero-order valence-electron chi connectivity index (χ0n) is 18.9. The molecular formula is C25H28F2N2O4S. The lowest BCUT2D eigenvalue weighted by atomic mass is 9.91. The highest BCUT2D eigenvalue weighted by atomic mass is 32.2. The van der Waals surface area contributed by atoms with E-state index in [2.05, 4.69) is 4.72 Å². The molecule has 0 radical (unpaired) electrons. The summed E-state index contributed by atoms with van der Waals surface area (Å²) in [5, 5.41) is 0. The van der Waals surface area contributed by atoms with Gasteiger partial charge in [-0.2, -0.15) is 0 Å². The fourth-order valence-electron chi connectivity index (χ4n) is 5.14. The SMILES string of the molecule is C[C@H](F)S(=O)(=O)N[C@@H]1[C@H](Cc2cccc(-c3ccccc3)c2F)N(C(=O)C2CCO2)CC12CC2. The van der Waals surface area contributed by atoms with Crippen molar-refractivity contribution < 1.29 is 26.7 Å². The van der Waals surface area contributed by atoms with E-state index >= 15 is 4.39 Å². The second kappa shape index (κ2) is 8.70. The molecule has 3 fully saturated rings. The number of alkyl halides is 1. The number of nitrogens with zero attached hydrogens (tertiary/aromatic N) is 1. The Morgan fingerprint density at radius 3 is 2.50 bits per heavy atom. The average molecular weight is 491 g/mol. The maximum atomic E-state index is 15.7. The first-order valence-electron chi connectivity index (χ1n) is 11.6. The van der Waals surface area contributed by atoms with E-state index in [0.29, 0.717) is 30.7 Å². The summed E-state index contributed by atoms with van der Waals surface area (Å²) < 4.78 is 62.5. The smallest absolute Gasteiger partial charge is 0.252 e. The number of sulfonamides is 1. The molecule has 1 amide bonds. The summed E-state index contributed by atoms with van der Waals surface area (Å²) in [4.78, 5) is 14.9. The van der Waals surface area contributed by atoms with Crippen molar-refractivity contribution in [1.29, 1.82) is 0 Å². The van der Waals surface area contributed by atoms with E-state index in [-0.39, 0.29) is 12.3 Å². The first-order valence-corrected chi connectivity index (χ1v) is 13.2. The Morgan fingerprint density at radius 2 is 1.91 bits per heavy atom. The first kappa shape index (κ1) is 23.4. The lowest BCUT2D eigenvalue weighted by molar-refractivity contribution is -0.157. The molecule has 6 nitrogen and oxygen atoms in total. The molecule has 0 aromatic heterocycles. The molecule has 1 spiro atoms. The van der Waals surface area contributed by atoms with Crippen LogP contribution < -0.4 is 4.72 Å². The highest BCUT2D eigenvalue weighted by Crippen LogP contribution is 2.56. The van der Waals surface area contributed by atoms with Gasteiger partial charge in [0.2, 0.25) is 15.5 Å². The highest BCUT2D eigenvalue weighted by molar-refractivity contribution is 7.89. The molecule has 1 unspecified atom stereocenters. The summed E-state index contributed by atoms with van der Waals surface area (Å²) in [5.41, 5.74) is -1.01. The number of rotatable bonds is 7. The molecular weight excluding hydrogens is 462 g/mol. The molecule has 2 aliphatic heterocycles. The Labute approximate surface area is 198 Å². The lowest BCUT2D eigenvalue weighted by Gasteiger charge is -2.34. The van der Waals surface area contributed by atoms with Gasteiger partial charge in [0.15, 0.2) is 0 Å². The molecule has 34 heavy (non-hydrogen) atoms. The third-order valence-electron chi connectivity index (χ3n) is 7.39. The predicted molar refractivity (Wildman–Crippen MR) is 123 cm³/mol. The molecule has 2 saturated heterocycles. The maximum Gasteiger partial charge on any atom is 0.252 e. The maximum absolute atomic E-state index is 15.7. The van der Waals surface area contributed by atoms with E-state index in [1.54, 1.807) is 23.1 Å². The van der Waals surface area contributed by atoms with Crippen LogP contribution in [-0.2, 0) is 26.0 Å². The molecule has 3 aliphatic rings. The minimum Gasteiger partial charge on any atom is -0.368 e. The van der Waals surface area contributed by atoms with Gasteiger partial charge in [-0.25, -0.2) is 21.9 Å². The summed E-state index contributed by atoms with van der Waals surface area (Å²) in [7, 11) is -4.24. The Hall–Kier alpha value is -2.36. The highest BCUT2D eigenvalue weighted by Gasteiger charge is 2.62. The summed E-state index contributed by atoms with van der Waals surface area (Å²) >= 11 is 0. The van der Waals surface area contributed by atoms with Gasteiger partial charge in [-0.3, -0.25) is 4.79 Å². The summed E-state index contributed by atoms with van der Waals surface area (Å²) in [6.45, 7) is 1.83. The molecule has 9 heteroatoms. The summed E-state index contributed by atoms with van der Waals surface area (Å²) in [6.07, 6.45) is 1.60. The molecule has 2 heterocycles. The van der Waals surface area contributed by atoms with Gasteiger partial charge in [0.1, 0.15) is 11.9 Å². The van der Waals surface area contributed by atoms with Crippen LogP contribution >= 0.6 is 0 Å². The van der Waals surface area contributed by atoms with Crippen molar-refractivity contribution in [1.82, 2.24) is 9.62 Å². The number of benzene rings is 2. The fourth-order valence-corrected chi connectivity index (χ4v) is 6.08. The van der Waals surface area contributed by atoms with Crippen LogP contribution in [0, 0.1) is 11.2 Å². The van der Waals surface area contributed by atoms with Gasteiger partial charge >= 0.3 is 0 Å². The molecule has 2 aromatic carbocycles. The van der Waals surface area contributed by atoms with E-state index in [1.165, 1.54) is 0 Å². The second-order valence-electron chi connectivity index (χ2n) is 9.58. The molecule has 4 atom stereocenters. The third-order valence-corrected chi connectivity index (χ3v) is 8.83. The van der Waals surface area contributed by atoms with Crippen LogP contribution in [0.15, 0.2) is 48.5 Å². The minimum absolute atomic E-state index is 0.112. The van der Waals surface area contributed by atoms with Crippen molar-refractivity contribution in [2.24, 2.45) is 5.41 Å². The van der Waals surface area contributed by atoms with Crippen LogP contribution in [0.5, 0.6) is 0 Å². The van der Waals surface area contributed by atoms with Crippen LogP contribution in [0.1, 0.15) is 31.7 Å². The Morgan fingerprint density at radius 1 is 1.21 bits per heavy atom. The van der Waals surface area contributed by atoms with Crippen molar-refractivity contribution in [3.05, 3.63) is 59.9 Å². The molecule has 1 saturated carbocycles. The van der Waals surface area contributed by atoms with E-state index < -0.39 is 44.9 Å². The lowest BCUT2D eigenvalue weighted by Crippen LogP contribution is -2.53. The number of ether oxygens (including phenoxy) is 1. The van der Waals surface area contributed by atoms with Crippen molar-refractivity contribution in [2.45, 2.75) is 56.3 Å². The van der Waals surface area contributed by atoms with E-state index in [4.69, 9.17) is 4.74 Å². The van der Waals surface area contributed by atoms with E-state index in [9.17, 15) is 17.6 Å². The summed E-state index contributed by atoms with van der Waals surface area (Å²) in [6, 6.07) is 12.9. The molecule has 182 valence electrons. The van der Waals surface area contributed by atoms with Gasteiger partial charge in [-0.1, -0.05) is 48.5 Å². The molecule has 1 N–H and O–H groups in total. The number of hydrogen-bond donors (Lipinski definition) is 1. The molecule has 2 aromatic rings. The van der Waals surface area contributed by atoms with Crippen molar-refractivity contribution >= 4 is 15.9 Å². The molecule has 1 aliphatic carbocycles. The second-order valence-corrected chi connectivity index (χ2v) is 11.6. The molecule has 5 rings (SSSR count). The Kier molecular flexibility index (Phi) is 5.98. The fraction of sp³-hybridized carbons (Fsp3) is 0.480. The van der Waals surface area contributed by atoms with E-state index in [0.717, 1.165) is 25.3 Å². The Balaban J connectivity index is 1.51. The number of carbonyl (C=O) groups excluding carboxylic acids is 1. The largest absolute Gasteiger partial charge is 0.368 e. The standard InChI is InChI=1S/C25H28F2N2O4S/c1-16(26)34(31,32)28-23-20(29(15-25(23)11-12-25)24(30)21-10-13-33-21)14-18-8-5-9-19(22(18)27)17-6-3-2-4-7-17/h2-9,16,20-21,23,28H,10-15H2,1H3/t16-,20+,21?,23-/m1/s1. The van der Waals surface area contributed by atoms with Crippen LogP contribution in [0.25, 0.3) is 11.1 Å². The van der Waals surface area contributed by atoms with E-state index in [1.807, 2.05) is 30.3 Å². The quantitative estimate of drug-likeness (QED) is 0.646. The molecule has 0 bridgehead atoms. The van der Waals surface area contributed by atoms with Crippen LogP contribution in [0.2, 0.25) is 0 Å². The number of halogens is 2. The average Bonchev–Trinajstić information content (AvgIpc) is 3.49. The van der Waals surface area contributed by atoms with Crippen molar-refractivity contribution in [2.75, 3.05) is 13.2 Å². The third kappa shape index (κ3) is 4.14. The van der Waals surface area contributed by atoms with Gasteiger partial charge in [0.25, 0.3) is 5.91 Å².